The van der Waals surface area contributed by atoms with Crippen LogP contribution in [0.15, 0.2) is 0 Å². The normalized spacial score (nSPS) is 15.3. The molecule has 0 aliphatic heterocycles. The van der Waals surface area contributed by atoms with Crippen molar-refractivity contribution in [2.75, 3.05) is 6.54 Å². The fraction of sp³-hybridized carbons (Fsp3) is 0.571. The summed E-state index contributed by atoms with van der Waals surface area (Å²) in [5.41, 5.74) is 4.05. The van der Waals surface area contributed by atoms with E-state index in [0.29, 0.717) is 6.42 Å². The van der Waals surface area contributed by atoms with Crippen LogP contribution in [0.3, 0.4) is 0 Å². The average Bonchev–Trinajstić information content (AvgIpc) is 1.92. The molecular weight excluding hydrogens is 130 g/mol. The van der Waals surface area contributed by atoms with Crippen LogP contribution < -0.4 is 5.73 Å². The van der Waals surface area contributed by atoms with Crippen LogP contribution in [0.5, 0.6) is 0 Å². The number of hydrogen-bond acceptors (Lipinski definition) is 2. The molecule has 0 fully saturated rings. The second-order valence-corrected chi connectivity index (χ2v) is 2.09. The first-order valence-corrected chi connectivity index (χ1v) is 3.04. The fourth-order valence-corrected chi connectivity index (χ4v) is 0.606. The molecule has 3 nitrogen and oxygen atoms in total. The number of aliphatic carboxylic acids is 1. The van der Waals surface area contributed by atoms with E-state index in [1.807, 2.05) is 0 Å². The Hall–Kier alpha value is -1.01. The van der Waals surface area contributed by atoms with Gasteiger partial charge in [-0.1, -0.05) is 12.8 Å². The summed E-state index contributed by atoms with van der Waals surface area (Å²) in [6.07, 6.45) is 5.39. The van der Waals surface area contributed by atoms with E-state index in [9.17, 15) is 4.79 Å². The van der Waals surface area contributed by atoms with Gasteiger partial charge in [-0.25, -0.2) is 0 Å². The minimum atomic E-state index is -1.15. The van der Waals surface area contributed by atoms with Crippen LogP contribution in [0.2, 0.25) is 0 Å². The number of terminal acetylenes is 1. The molecule has 0 rings (SSSR count). The molecule has 0 aliphatic rings. The maximum atomic E-state index is 10.5. The van der Waals surface area contributed by atoms with Gasteiger partial charge in [0.15, 0.2) is 0 Å². The van der Waals surface area contributed by atoms with Crippen molar-refractivity contribution in [1.29, 1.82) is 0 Å². The van der Waals surface area contributed by atoms with Crippen LogP contribution >= 0.6 is 0 Å². The van der Waals surface area contributed by atoms with E-state index in [0.717, 1.165) is 0 Å². The molecule has 1 atom stereocenters. The minimum absolute atomic E-state index is 0.00463. The highest BCUT2D eigenvalue weighted by Crippen LogP contribution is 2.18. The summed E-state index contributed by atoms with van der Waals surface area (Å²) in [5.74, 6) is 1.18. The molecule has 1 unspecified atom stereocenters. The Labute approximate surface area is 60.2 Å². The van der Waals surface area contributed by atoms with Gasteiger partial charge in [0.05, 0.1) is 0 Å². The Morgan fingerprint density at radius 3 is 2.40 bits per heavy atom. The fourth-order valence-electron chi connectivity index (χ4n) is 0.606. The number of rotatable bonds is 3. The quantitative estimate of drug-likeness (QED) is 0.546. The van der Waals surface area contributed by atoms with Crippen LogP contribution in [0.1, 0.15) is 13.3 Å². The Bertz CT molecular complexity index is 165. The zero-order chi connectivity index (χ0) is 8.20. The third kappa shape index (κ3) is 1.28. The van der Waals surface area contributed by atoms with Gasteiger partial charge in [0.1, 0.15) is 5.41 Å². The summed E-state index contributed by atoms with van der Waals surface area (Å²) < 4.78 is 0. The number of carboxylic acids is 1. The molecule has 0 aromatic heterocycles. The van der Waals surface area contributed by atoms with E-state index in [1.54, 1.807) is 6.92 Å². The Morgan fingerprint density at radius 2 is 2.40 bits per heavy atom. The lowest BCUT2D eigenvalue weighted by Gasteiger charge is -2.18. The molecule has 0 saturated heterocycles. The Kier molecular flexibility index (Phi) is 2.91. The number of hydrogen-bond donors (Lipinski definition) is 2. The highest BCUT2D eigenvalue weighted by molar-refractivity contribution is 5.78. The number of carbonyl (C=O) groups is 1. The second-order valence-electron chi connectivity index (χ2n) is 2.09. The summed E-state index contributed by atoms with van der Waals surface area (Å²) in [7, 11) is 0. The smallest absolute Gasteiger partial charge is 0.323 e. The molecular formula is C7H11NO2. The van der Waals surface area contributed by atoms with Gasteiger partial charge in [-0.15, -0.1) is 6.42 Å². The first-order chi connectivity index (χ1) is 4.63. The van der Waals surface area contributed by atoms with Crippen molar-refractivity contribution in [2.45, 2.75) is 13.3 Å². The first-order valence-electron chi connectivity index (χ1n) is 3.04. The van der Waals surface area contributed by atoms with Gasteiger partial charge in [0.25, 0.3) is 0 Å². The second kappa shape index (κ2) is 3.23. The van der Waals surface area contributed by atoms with Crippen molar-refractivity contribution in [2.24, 2.45) is 11.1 Å². The molecule has 0 amide bonds. The van der Waals surface area contributed by atoms with Gasteiger partial charge in [-0.05, 0) is 6.42 Å². The van der Waals surface area contributed by atoms with Crippen molar-refractivity contribution in [3.8, 4) is 12.3 Å². The highest BCUT2D eigenvalue weighted by atomic mass is 16.4. The lowest BCUT2D eigenvalue weighted by atomic mass is 9.87. The molecule has 0 heterocycles. The van der Waals surface area contributed by atoms with Crippen LogP contribution in [0, 0.1) is 17.8 Å². The SMILES string of the molecule is C#CC(CC)(CN)C(=O)O. The molecule has 0 aromatic rings. The predicted molar refractivity (Wildman–Crippen MR) is 38.2 cm³/mol. The summed E-state index contributed by atoms with van der Waals surface area (Å²) in [5, 5.41) is 8.60. The molecule has 0 radical (unpaired) electrons. The summed E-state index contributed by atoms with van der Waals surface area (Å²) in [4.78, 5) is 10.5. The lowest BCUT2D eigenvalue weighted by Crippen LogP contribution is -2.36. The molecule has 0 aliphatic carbocycles. The molecule has 0 aromatic carbocycles. The average molecular weight is 141 g/mol. The van der Waals surface area contributed by atoms with Gasteiger partial charge in [0, 0.05) is 6.54 Å². The standard InChI is InChI=1S/C7H11NO2/c1-3-7(4-2,5-8)6(9)10/h1H,4-5,8H2,2H3,(H,9,10). The van der Waals surface area contributed by atoms with Crippen LogP contribution in [0.25, 0.3) is 0 Å². The maximum Gasteiger partial charge on any atom is 0.323 e. The third-order valence-electron chi connectivity index (χ3n) is 1.64. The Morgan fingerprint density at radius 1 is 1.90 bits per heavy atom. The van der Waals surface area contributed by atoms with Gasteiger partial charge >= 0.3 is 5.97 Å². The summed E-state index contributed by atoms with van der Waals surface area (Å²) >= 11 is 0. The van der Waals surface area contributed by atoms with Crippen LogP contribution in [-0.2, 0) is 4.79 Å². The zero-order valence-electron chi connectivity index (χ0n) is 5.92. The molecule has 3 heteroatoms. The molecule has 0 spiro atoms. The van der Waals surface area contributed by atoms with E-state index >= 15 is 0 Å². The van der Waals surface area contributed by atoms with Crippen LogP contribution in [0.4, 0.5) is 0 Å². The number of nitrogens with two attached hydrogens (primary N) is 1. The topological polar surface area (TPSA) is 63.3 Å². The summed E-state index contributed by atoms with van der Waals surface area (Å²) in [6.45, 7) is 1.70. The van der Waals surface area contributed by atoms with Crippen molar-refractivity contribution < 1.29 is 9.90 Å². The zero-order valence-corrected chi connectivity index (χ0v) is 5.92. The maximum absolute atomic E-state index is 10.5. The number of carboxylic acid groups (broad SMARTS) is 1. The largest absolute Gasteiger partial charge is 0.480 e. The van der Waals surface area contributed by atoms with Gasteiger partial charge < -0.3 is 10.8 Å². The van der Waals surface area contributed by atoms with E-state index in [4.69, 9.17) is 17.3 Å². The molecule has 0 saturated carbocycles. The van der Waals surface area contributed by atoms with E-state index in [1.165, 1.54) is 0 Å². The van der Waals surface area contributed by atoms with Crippen molar-refractivity contribution in [3.63, 3.8) is 0 Å². The van der Waals surface area contributed by atoms with Gasteiger partial charge in [-0.3, -0.25) is 4.79 Å². The molecule has 10 heavy (non-hydrogen) atoms. The lowest BCUT2D eigenvalue weighted by molar-refractivity contribution is -0.145. The van der Waals surface area contributed by atoms with E-state index in [-0.39, 0.29) is 6.54 Å². The van der Waals surface area contributed by atoms with E-state index < -0.39 is 11.4 Å². The monoisotopic (exact) mass is 141 g/mol. The molecule has 56 valence electrons. The highest BCUT2D eigenvalue weighted by Gasteiger charge is 2.32. The van der Waals surface area contributed by atoms with Crippen molar-refractivity contribution in [3.05, 3.63) is 0 Å². The van der Waals surface area contributed by atoms with Gasteiger partial charge in [-0.2, -0.15) is 0 Å². The Balaban J connectivity index is 4.52. The van der Waals surface area contributed by atoms with Gasteiger partial charge in [0.2, 0.25) is 0 Å². The van der Waals surface area contributed by atoms with Crippen molar-refractivity contribution >= 4 is 5.97 Å². The van der Waals surface area contributed by atoms with Crippen LogP contribution in [-0.4, -0.2) is 17.6 Å². The van der Waals surface area contributed by atoms with Crippen molar-refractivity contribution in [1.82, 2.24) is 0 Å². The first kappa shape index (κ1) is 8.99. The molecule has 3 N–H and O–H groups in total. The van der Waals surface area contributed by atoms with E-state index in [2.05, 4.69) is 5.92 Å². The minimum Gasteiger partial charge on any atom is -0.480 e. The summed E-state index contributed by atoms with van der Waals surface area (Å²) in [6, 6.07) is 0. The molecule has 0 bridgehead atoms. The third-order valence-corrected chi connectivity index (χ3v) is 1.64. The predicted octanol–water partition coefficient (Wildman–Crippen LogP) is 0.0593.